The van der Waals surface area contributed by atoms with Crippen LogP contribution in [0.2, 0.25) is 0 Å². The first-order valence-corrected chi connectivity index (χ1v) is 2.97. The van der Waals surface area contributed by atoms with Crippen LogP contribution in [0, 0.1) is 5.92 Å². The van der Waals surface area contributed by atoms with Crippen LogP contribution < -0.4 is 0 Å². The average molecular weight is 112 g/mol. The minimum absolute atomic E-state index is 0.0185. The van der Waals surface area contributed by atoms with E-state index in [1.165, 1.54) is 0 Å². The summed E-state index contributed by atoms with van der Waals surface area (Å²) in [5.41, 5.74) is 0. The Bertz CT molecular complexity index is 141. The molecule has 44 valence electrons. The van der Waals surface area contributed by atoms with Crippen LogP contribution in [0.5, 0.6) is 0 Å². The number of carbonyl (C=O) groups is 1. The lowest BCUT2D eigenvalue weighted by molar-refractivity contribution is -0.120. The summed E-state index contributed by atoms with van der Waals surface area (Å²) in [6, 6.07) is 0. The van der Waals surface area contributed by atoms with Crippen molar-refractivity contribution in [3.8, 4) is 0 Å². The Kier molecular flexibility index (Phi) is 0.637. The van der Waals surface area contributed by atoms with E-state index in [1.807, 2.05) is 0 Å². The largest absolute Gasteiger partial charge is 0.361 e. The third-order valence-corrected chi connectivity index (χ3v) is 1.93. The van der Waals surface area contributed by atoms with Crippen LogP contribution in [0.4, 0.5) is 0 Å². The van der Waals surface area contributed by atoms with Gasteiger partial charge in [0.25, 0.3) is 0 Å². The molecule has 0 aromatic rings. The van der Waals surface area contributed by atoms with E-state index < -0.39 is 0 Å². The fraction of sp³-hybridized carbons (Fsp3) is 0.833. The van der Waals surface area contributed by atoms with Gasteiger partial charge in [-0.3, -0.25) is 4.79 Å². The molecule has 1 heterocycles. The zero-order valence-corrected chi connectivity index (χ0v) is 4.76. The van der Waals surface area contributed by atoms with E-state index in [1.54, 1.807) is 0 Å². The van der Waals surface area contributed by atoms with Crippen molar-refractivity contribution in [2.75, 3.05) is 0 Å². The van der Waals surface area contributed by atoms with Gasteiger partial charge in [-0.2, -0.15) is 0 Å². The summed E-state index contributed by atoms with van der Waals surface area (Å²) in [5.74, 6) is 0.801. The van der Waals surface area contributed by atoms with Gasteiger partial charge in [-0.15, -0.1) is 0 Å². The highest BCUT2D eigenvalue weighted by Gasteiger charge is 2.54. The van der Waals surface area contributed by atoms with Crippen LogP contribution in [-0.2, 0) is 9.53 Å². The van der Waals surface area contributed by atoms with E-state index in [-0.39, 0.29) is 6.10 Å². The van der Waals surface area contributed by atoms with Crippen LogP contribution in [0.3, 0.4) is 0 Å². The van der Waals surface area contributed by atoms with E-state index in [4.69, 9.17) is 4.74 Å². The molecule has 2 fully saturated rings. The third-order valence-electron chi connectivity index (χ3n) is 1.93. The van der Waals surface area contributed by atoms with E-state index in [2.05, 4.69) is 6.92 Å². The highest BCUT2D eigenvalue weighted by atomic mass is 16.6. The standard InChI is InChI=1S/C6H8O2/c1-3-2-4(7)6-5(3)8-6/h3,5-6H,2H2,1H3/t3-,5+,6-/m1/s1. The molecule has 0 amide bonds. The van der Waals surface area contributed by atoms with E-state index in [0.29, 0.717) is 17.8 Å². The van der Waals surface area contributed by atoms with Gasteiger partial charge in [0.15, 0.2) is 5.78 Å². The van der Waals surface area contributed by atoms with Crippen molar-refractivity contribution < 1.29 is 9.53 Å². The summed E-state index contributed by atoms with van der Waals surface area (Å²) in [4.78, 5) is 10.7. The van der Waals surface area contributed by atoms with E-state index in [0.717, 1.165) is 6.42 Å². The molecule has 2 nitrogen and oxygen atoms in total. The first kappa shape index (κ1) is 4.50. The molecule has 0 N–H and O–H groups in total. The van der Waals surface area contributed by atoms with Crippen LogP contribution >= 0.6 is 0 Å². The number of carbonyl (C=O) groups excluding carboxylic acids is 1. The number of ketones is 1. The van der Waals surface area contributed by atoms with Crippen LogP contribution in [0.15, 0.2) is 0 Å². The average Bonchev–Trinajstić information content (AvgIpc) is 2.35. The Morgan fingerprint density at radius 2 is 2.50 bits per heavy atom. The normalized spacial score (nSPS) is 51.6. The predicted octanol–water partition coefficient (Wildman–Crippen LogP) is 0.363. The zero-order valence-electron chi connectivity index (χ0n) is 4.76. The van der Waals surface area contributed by atoms with Gasteiger partial charge >= 0.3 is 0 Å². The maximum atomic E-state index is 10.7. The predicted molar refractivity (Wildman–Crippen MR) is 27.4 cm³/mol. The lowest BCUT2D eigenvalue weighted by Crippen LogP contribution is -2.01. The number of rotatable bonds is 0. The molecule has 0 bridgehead atoms. The van der Waals surface area contributed by atoms with Crippen molar-refractivity contribution in [3.63, 3.8) is 0 Å². The van der Waals surface area contributed by atoms with Gasteiger partial charge in [0.05, 0.1) is 6.10 Å². The monoisotopic (exact) mass is 112 g/mol. The molecule has 0 radical (unpaired) electrons. The molecule has 2 rings (SSSR count). The first-order chi connectivity index (χ1) is 3.79. The van der Waals surface area contributed by atoms with Gasteiger partial charge in [-0.1, -0.05) is 6.92 Å². The summed E-state index contributed by atoms with van der Waals surface area (Å²) in [6.07, 6.45) is 1.07. The number of hydrogen-bond acceptors (Lipinski definition) is 2. The summed E-state index contributed by atoms with van der Waals surface area (Å²) >= 11 is 0. The van der Waals surface area contributed by atoms with Gasteiger partial charge in [-0.05, 0) is 5.92 Å². The quantitative estimate of drug-likeness (QED) is 0.423. The maximum absolute atomic E-state index is 10.7. The molecule has 1 aliphatic heterocycles. The molecule has 1 aliphatic carbocycles. The minimum Gasteiger partial charge on any atom is -0.361 e. The van der Waals surface area contributed by atoms with Crippen molar-refractivity contribution in [2.24, 2.45) is 5.92 Å². The number of Topliss-reactive ketones (excluding diaryl/α,β-unsaturated/α-hetero) is 1. The lowest BCUT2D eigenvalue weighted by Gasteiger charge is -1.96. The van der Waals surface area contributed by atoms with Crippen molar-refractivity contribution in [2.45, 2.75) is 25.6 Å². The van der Waals surface area contributed by atoms with Gasteiger partial charge in [-0.25, -0.2) is 0 Å². The molecule has 0 aromatic carbocycles. The maximum Gasteiger partial charge on any atom is 0.164 e. The second-order valence-corrected chi connectivity index (χ2v) is 2.67. The Hall–Kier alpha value is -0.370. The van der Waals surface area contributed by atoms with Crippen molar-refractivity contribution >= 4 is 5.78 Å². The fourth-order valence-corrected chi connectivity index (χ4v) is 1.37. The molecule has 3 atom stereocenters. The van der Waals surface area contributed by atoms with E-state index >= 15 is 0 Å². The van der Waals surface area contributed by atoms with Crippen molar-refractivity contribution in [1.29, 1.82) is 0 Å². The smallest absolute Gasteiger partial charge is 0.164 e. The molecule has 2 aliphatic rings. The second kappa shape index (κ2) is 1.13. The van der Waals surface area contributed by atoms with Gasteiger partial charge in [0.2, 0.25) is 0 Å². The van der Waals surface area contributed by atoms with Crippen LogP contribution in [-0.4, -0.2) is 18.0 Å². The van der Waals surface area contributed by atoms with Crippen LogP contribution in [0.1, 0.15) is 13.3 Å². The molecular weight excluding hydrogens is 104 g/mol. The number of hydrogen-bond donors (Lipinski definition) is 0. The summed E-state index contributed by atoms with van der Waals surface area (Å²) in [5, 5.41) is 0. The number of fused-ring (bicyclic) bond motifs is 1. The lowest BCUT2D eigenvalue weighted by atomic mass is 10.1. The Balaban J connectivity index is 2.19. The van der Waals surface area contributed by atoms with Crippen molar-refractivity contribution in [3.05, 3.63) is 0 Å². The summed E-state index contributed by atoms with van der Waals surface area (Å²) < 4.78 is 5.03. The third kappa shape index (κ3) is 0.388. The molecule has 0 unspecified atom stereocenters. The van der Waals surface area contributed by atoms with Gasteiger partial charge < -0.3 is 4.74 Å². The minimum atomic E-state index is 0.0185. The number of epoxide rings is 1. The molecular formula is C6H8O2. The SMILES string of the molecule is C[C@@H]1CC(=O)[C@H]2O[C@@H]12. The highest BCUT2D eigenvalue weighted by molar-refractivity contribution is 5.89. The first-order valence-electron chi connectivity index (χ1n) is 2.97. The highest BCUT2D eigenvalue weighted by Crippen LogP contribution is 2.39. The zero-order chi connectivity index (χ0) is 5.72. The molecule has 0 aromatic heterocycles. The van der Waals surface area contributed by atoms with Gasteiger partial charge in [0.1, 0.15) is 6.10 Å². The second-order valence-electron chi connectivity index (χ2n) is 2.67. The van der Waals surface area contributed by atoms with E-state index in [9.17, 15) is 4.79 Å². The van der Waals surface area contributed by atoms with Crippen molar-refractivity contribution in [1.82, 2.24) is 0 Å². The van der Waals surface area contributed by atoms with Crippen LogP contribution in [0.25, 0.3) is 0 Å². The Labute approximate surface area is 47.8 Å². The summed E-state index contributed by atoms with van der Waals surface area (Å²) in [7, 11) is 0. The molecule has 1 saturated heterocycles. The molecule has 1 saturated carbocycles. The Morgan fingerprint density at radius 3 is 2.62 bits per heavy atom. The molecule has 0 spiro atoms. The number of ether oxygens (including phenoxy) is 1. The molecule has 2 heteroatoms. The van der Waals surface area contributed by atoms with Gasteiger partial charge in [0, 0.05) is 6.42 Å². The molecule has 8 heavy (non-hydrogen) atoms. The summed E-state index contributed by atoms with van der Waals surface area (Å²) in [6.45, 7) is 2.07. The fourth-order valence-electron chi connectivity index (χ4n) is 1.37. The topological polar surface area (TPSA) is 29.6 Å². The Morgan fingerprint density at radius 1 is 1.75 bits per heavy atom.